The first kappa shape index (κ1) is 24.1. The molecule has 0 saturated heterocycles. The molecule has 8 nitrogen and oxygen atoms in total. The van der Waals surface area contributed by atoms with Gasteiger partial charge in [0, 0.05) is 24.4 Å². The van der Waals surface area contributed by atoms with Crippen LogP contribution in [0.15, 0.2) is 47.9 Å². The van der Waals surface area contributed by atoms with E-state index in [1.165, 1.54) is 17.8 Å². The number of carbonyl (C=O) groups is 2. The third-order valence-corrected chi connectivity index (χ3v) is 6.03. The minimum Gasteiger partial charge on any atom is -0.383 e. The summed E-state index contributed by atoms with van der Waals surface area (Å²) >= 11 is 13.7. The van der Waals surface area contributed by atoms with E-state index in [1.807, 2.05) is 25.1 Å². The van der Waals surface area contributed by atoms with E-state index in [1.54, 1.807) is 30.1 Å². The van der Waals surface area contributed by atoms with Gasteiger partial charge in [0.15, 0.2) is 5.16 Å². The topological polar surface area (TPSA) is 98.1 Å². The lowest BCUT2D eigenvalue weighted by atomic mass is 10.2. The molecule has 0 atom stereocenters. The number of halogens is 2. The third kappa shape index (κ3) is 6.23. The Hall–Kier alpha value is -2.59. The summed E-state index contributed by atoms with van der Waals surface area (Å²) < 4.78 is 6.66. The number of hydrogen-bond acceptors (Lipinski definition) is 6. The summed E-state index contributed by atoms with van der Waals surface area (Å²) in [6.07, 6.45) is 1.57. The van der Waals surface area contributed by atoms with Gasteiger partial charge in [-0.15, -0.1) is 10.2 Å². The fraction of sp³-hybridized carbons (Fsp3) is 0.238. The molecule has 0 spiro atoms. The molecule has 2 aromatic carbocycles. The fourth-order valence-electron chi connectivity index (χ4n) is 2.70. The molecular formula is C21H21Cl2N5O3S. The molecule has 32 heavy (non-hydrogen) atoms. The number of hydrogen-bond donors (Lipinski definition) is 2. The highest BCUT2D eigenvalue weighted by Crippen LogP contribution is 2.25. The lowest BCUT2D eigenvalue weighted by molar-refractivity contribution is -0.113. The number of benzene rings is 2. The van der Waals surface area contributed by atoms with Crippen molar-refractivity contribution in [3.63, 3.8) is 0 Å². The Morgan fingerprint density at radius 2 is 1.97 bits per heavy atom. The number of thioether (sulfide) groups is 1. The maximum atomic E-state index is 12.4. The number of amides is 2. The van der Waals surface area contributed by atoms with E-state index in [2.05, 4.69) is 20.8 Å². The van der Waals surface area contributed by atoms with Gasteiger partial charge in [-0.05, 0) is 42.8 Å². The van der Waals surface area contributed by atoms with Gasteiger partial charge in [-0.3, -0.25) is 14.2 Å². The van der Waals surface area contributed by atoms with E-state index >= 15 is 0 Å². The Kier molecular flexibility index (Phi) is 8.52. The molecule has 3 aromatic rings. The van der Waals surface area contributed by atoms with Crippen LogP contribution in [-0.4, -0.2) is 52.6 Å². The van der Waals surface area contributed by atoms with Crippen molar-refractivity contribution in [2.24, 2.45) is 0 Å². The number of ether oxygens (including phenoxy) is 1. The Bertz CT molecular complexity index is 1120. The van der Waals surface area contributed by atoms with Crippen molar-refractivity contribution in [1.29, 1.82) is 0 Å². The van der Waals surface area contributed by atoms with Crippen LogP contribution in [0.2, 0.25) is 10.0 Å². The van der Waals surface area contributed by atoms with Crippen LogP contribution in [0.5, 0.6) is 0 Å². The molecule has 0 aliphatic rings. The summed E-state index contributed by atoms with van der Waals surface area (Å²) in [4.78, 5) is 24.5. The molecule has 2 amide bonds. The molecule has 0 aliphatic heterocycles. The van der Waals surface area contributed by atoms with E-state index in [0.717, 1.165) is 11.3 Å². The Morgan fingerprint density at radius 1 is 1.16 bits per heavy atom. The maximum absolute atomic E-state index is 12.4. The monoisotopic (exact) mass is 493 g/mol. The first-order chi connectivity index (χ1) is 15.4. The molecule has 1 heterocycles. The number of carbonyl (C=O) groups excluding carboxylic acids is 2. The smallest absolute Gasteiger partial charge is 0.252 e. The van der Waals surface area contributed by atoms with Crippen molar-refractivity contribution in [3.8, 4) is 5.69 Å². The number of methoxy groups -OCH3 is 1. The van der Waals surface area contributed by atoms with Gasteiger partial charge in [0.05, 0.1) is 28.6 Å². The molecule has 11 heteroatoms. The molecule has 0 saturated carbocycles. The number of aryl methyl sites for hydroxylation is 1. The van der Waals surface area contributed by atoms with Crippen molar-refractivity contribution in [2.75, 3.05) is 31.3 Å². The largest absolute Gasteiger partial charge is 0.383 e. The van der Waals surface area contributed by atoms with Crippen LogP contribution in [0.4, 0.5) is 5.69 Å². The molecule has 0 bridgehead atoms. The van der Waals surface area contributed by atoms with Gasteiger partial charge in [-0.1, -0.05) is 41.0 Å². The average Bonchev–Trinajstić information content (AvgIpc) is 3.23. The fourth-order valence-corrected chi connectivity index (χ4v) is 3.87. The molecular weight excluding hydrogens is 473 g/mol. The van der Waals surface area contributed by atoms with Crippen LogP contribution in [0.3, 0.4) is 0 Å². The molecule has 168 valence electrons. The van der Waals surface area contributed by atoms with E-state index < -0.39 is 0 Å². The molecule has 0 unspecified atom stereocenters. The summed E-state index contributed by atoms with van der Waals surface area (Å²) in [7, 11) is 1.55. The second kappa shape index (κ2) is 11.3. The molecule has 0 radical (unpaired) electrons. The highest BCUT2D eigenvalue weighted by molar-refractivity contribution is 7.99. The van der Waals surface area contributed by atoms with Gasteiger partial charge in [-0.25, -0.2) is 0 Å². The molecule has 0 fully saturated rings. The van der Waals surface area contributed by atoms with Gasteiger partial charge in [0.1, 0.15) is 6.33 Å². The summed E-state index contributed by atoms with van der Waals surface area (Å²) in [5, 5.41) is 14.9. The maximum Gasteiger partial charge on any atom is 0.252 e. The normalized spacial score (nSPS) is 10.8. The van der Waals surface area contributed by atoms with Crippen molar-refractivity contribution in [1.82, 2.24) is 20.1 Å². The van der Waals surface area contributed by atoms with E-state index in [-0.39, 0.29) is 22.6 Å². The Morgan fingerprint density at radius 3 is 2.69 bits per heavy atom. The third-order valence-electron chi connectivity index (χ3n) is 4.37. The second-order valence-electron chi connectivity index (χ2n) is 6.70. The van der Waals surface area contributed by atoms with Crippen LogP contribution in [-0.2, 0) is 9.53 Å². The van der Waals surface area contributed by atoms with E-state index in [0.29, 0.717) is 34.6 Å². The second-order valence-corrected chi connectivity index (χ2v) is 8.45. The SMILES string of the molecule is COCCNC(=O)c1ccc(NC(=O)CSc2nncn2-c2ccc(C)c(Cl)c2)cc1Cl. The zero-order chi connectivity index (χ0) is 23.1. The van der Waals surface area contributed by atoms with Crippen molar-refractivity contribution < 1.29 is 14.3 Å². The lowest BCUT2D eigenvalue weighted by Gasteiger charge is -2.10. The molecule has 3 rings (SSSR count). The Balaban J connectivity index is 1.59. The van der Waals surface area contributed by atoms with Crippen LogP contribution in [0, 0.1) is 6.92 Å². The average molecular weight is 494 g/mol. The van der Waals surface area contributed by atoms with Gasteiger partial charge in [0.2, 0.25) is 5.91 Å². The standard InChI is InChI=1S/C21H21Cl2N5O3S/c1-13-3-5-15(10-17(13)22)28-12-25-27-21(28)32-11-19(29)26-14-4-6-16(18(23)9-14)20(30)24-7-8-31-2/h3-6,9-10,12H,7-8,11H2,1-2H3,(H,24,30)(H,26,29). The van der Waals surface area contributed by atoms with Gasteiger partial charge < -0.3 is 15.4 Å². The minimum absolute atomic E-state index is 0.106. The quantitative estimate of drug-likeness (QED) is 0.345. The van der Waals surface area contributed by atoms with Gasteiger partial charge in [-0.2, -0.15) is 0 Å². The summed E-state index contributed by atoms with van der Waals surface area (Å²) in [5.74, 6) is -0.453. The highest BCUT2D eigenvalue weighted by Gasteiger charge is 2.14. The highest BCUT2D eigenvalue weighted by atomic mass is 35.5. The van der Waals surface area contributed by atoms with Crippen molar-refractivity contribution in [3.05, 3.63) is 63.9 Å². The molecule has 2 N–H and O–H groups in total. The minimum atomic E-state index is -0.309. The Labute approximate surface area is 199 Å². The number of aromatic nitrogens is 3. The first-order valence-electron chi connectivity index (χ1n) is 9.55. The predicted octanol–water partition coefficient (Wildman–Crippen LogP) is 3.99. The van der Waals surface area contributed by atoms with E-state index in [9.17, 15) is 9.59 Å². The van der Waals surface area contributed by atoms with Gasteiger partial charge >= 0.3 is 0 Å². The van der Waals surface area contributed by atoms with Crippen molar-refractivity contribution >= 4 is 52.5 Å². The predicted molar refractivity (Wildman–Crippen MR) is 126 cm³/mol. The number of nitrogens with one attached hydrogen (secondary N) is 2. The van der Waals surface area contributed by atoms with Crippen LogP contribution in [0.25, 0.3) is 5.69 Å². The summed E-state index contributed by atoms with van der Waals surface area (Å²) in [6, 6.07) is 10.3. The van der Waals surface area contributed by atoms with Crippen molar-refractivity contribution in [2.45, 2.75) is 12.1 Å². The number of nitrogens with zero attached hydrogens (tertiary/aromatic N) is 3. The van der Waals surface area contributed by atoms with Crippen LogP contribution in [0.1, 0.15) is 15.9 Å². The van der Waals surface area contributed by atoms with Crippen LogP contribution < -0.4 is 10.6 Å². The zero-order valence-corrected chi connectivity index (χ0v) is 19.7. The summed E-state index contributed by atoms with van der Waals surface area (Å²) in [5.41, 5.74) is 2.58. The zero-order valence-electron chi connectivity index (χ0n) is 17.4. The van der Waals surface area contributed by atoms with E-state index in [4.69, 9.17) is 27.9 Å². The van der Waals surface area contributed by atoms with Gasteiger partial charge in [0.25, 0.3) is 5.91 Å². The van der Waals surface area contributed by atoms with Crippen LogP contribution >= 0.6 is 35.0 Å². The molecule has 1 aromatic heterocycles. The first-order valence-corrected chi connectivity index (χ1v) is 11.3. The summed E-state index contributed by atoms with van der Waals surface area (Å²) in [6.45, 7) is 2.70. The number of anilines is 1. The lowest BCUT2D eigenvalue weighted by Crippen LogP contribution is -2.27. The molecule has 0 aliphatic carbocycles. The number of rotatable bonds is 9.